The van der Waals surface area contributed by atoms with Crippen LogP contribution in [0.3, 0.4) is 0 Å². The van der Waals surface area contributed by atoms with Gasteiger partial charge in [0.05, 0.1) is 0 Å². The summed E-state index contributed by atoms with van der Waals surface area (Å²) in [5.74, 6) is -1.35. The molecule has 188 valence electrons. The third-order valence-electron chi connectivity index (χ3n) is 6.18. The third-order valence-corrected chi connectivity index (χ3v) is 6.18. The van der Waals surface area contributed by atoms with Crippen molar-refractivity contribution in [3.8, 4) is 0 Å². The van der Waals surface area contributed by atoms with Crippen LogP contribution in [0.4, 0.5) is 16.3 Å². The number of nitrogens with one attached hydrogen (secondary N) is 2. The van der Waals surface area contributed by atoms with Crippen LogP contribution < -0.4 is 27.2 Å². The van der Waals surface area contributed by atoms with Crippen molar-refractivity contribution in [2.24, 2.45) is 0 Å². The van der Waals surface area contributed by atoms with Gasteiger partial charge < -0.3 is 16.0 Å². The molecule has 0 aliphatic carbocycles. The molecule has 0 bridgehead atoms. The Hall–Kier alpha value is -3.89. The molecule has 35 heavy (non-hydrogen) atoms. The molecule has 4 N–H and O–H groups in total. The number of nitrogens with two attached hydrogens (primary N) is 1. The fraction of sp³-hybridized carbons (Fsp3) is 0.458. The highest BCUT2D eigenvalue weighted by Gasteiger charge is 2.49. The monoisotopic (exact) mass is 484 g/mol. The molecule has 3 rings (SSSR count). The molecule has 2 aromatic rings. The van der Waals surface area contributed by atoms with E-state index in [-0.39, 0.29) is 24.6 Å². The van der Waals surface area contributed by atoms with E-state index in [9.17, 15) is 24.0 Å². The Morgan fingerprint density at radius 1 is 1.06 bits per heavy atom. The van der Waals surface area contributed by atoms with E-state index >= 15 is 0 Å². The number of urea groups is 1. The van der Waals surface area contributed by atoms with Gasteiger partial charge >= 0.3 is 11.7 Å². The van der Waals surface area contributed by atoms with Gasteiger partial charge in [0.25, 0.3) is 11.5 Å². The molecular weight excluding hydrogens is 452 g/mol. The summed E-state index contributed by atoms with van der Waals surface area (Å²) in [6.45, 7) is 5.28. The average Bonchev–Trinajstić information content (AvgIpc) is 3.05. The largest absolute Gasteiger partial charge is 0.383 e. The number of aromatic amines is 1. The van der Waals surface area contributed by atoms with E-state index in [2.05, 4.69) is 10.3 Å². The molecule has 4 amide bonds. The summed E-state index contributed by atoms with van der Waals surface area (Å²) in [4.78, 5) is 68.7. The molecule has 0 spiro atoms. The van der Waals surface area contributed by atoms with Crippen LogP contribution in [-0.2, 0) is 21.7 Å². The van der Waals surface area contributed by atoms with Gasteiger partial charge in [-0.1, -0.05) is 57.0 Å². The van der Waals surface area contributed by atoms with E-state index in [0.717, 1.165) is 16.2 Å². The van der Waals surface area contributed by atoms with E-state index in [1.54, 1.807) is 37.3 Å². The maximum atomic E-state index is 13.4. The maximum Gasteiger partial charge on any atom is 0.330 e. The number of H-pyrrole nitrogens is 1. The highest BCUT2D eigenvalue weighted by atomic mass is 16.2. The Bertz CT molecular complexity index is 1220. The van der Waals surface area contributed by atoms with Crippen molar-refractivity contribution in [3.63, 3.8) is 0 Å². The third kappa shape index (κ3) is 4.98. The quantitative estimate of drug-likeness (QED) is 0.435. The molecular formula is C24H32N6O5. The van der Waals surface area contributed by atoms with Crippen LogP contribution >= 0.6 is 0 Å². The second kappa shape index (κ2) is 10.6. The van der Waals surface area contributed by atoms with Crippen molar-refractivity contribution in [2.45, 2.75) is 58.5 Å². The summed E-state index contributed by atoms with van der Waals surface area (Å²) in [7, 11) is 0. The lowest BCUT2D eigenvalue weighted by atomic mass is 9.92. The molecule has 1 fully saturated rings. The lowest BCUT2D eigenvalue weighted by Gasteiger charge is -2.26. The Morgan fingerprint density at radius 3 is 2.34 bits per heavy atom. The van der Waals surface area contributed by atoms with Crippen LogP contribution in [0.2, 0.25) is 0 Å². The van der Waals surface area contributed by atoms with Crippen LogP contribution in [0.25, 0.3) is 0 Å². The van der Waals surface area contributed by atoms with E-state index in [4.69, 9.17) is 5.73 Å². The van der Waals surface area contributed by atoms with Gasteiger partial charge in [-0.05, 0) is 25.3 Å². The fourth-order valence-corrected chi connectivity index (χ4v) is 4.08. The van der Waals surface area contributed by atoms with E-state index < -0.39 is 41.2 Å². The number of hydrogen-bond donors (Lipinski definition) is 3. The molecule has 1 aromatic heterocycles. The Kier molecular flexibility index (Phi) is 7.78. The van der Waals surface area contributed by atoms with Gasteiger partial charge in [0.2, 0.25) is 5.91 Å². The smallest absolute Gasteiger partial charge is 0.330 e. The van der Waals surface area contributed by atoms with Gasteiger partial charge in [-0.25, -0.2) is 9.59 Å². The molecule has 11 heteroatoms. The summed E-state index contributed by atoms with van der Waals surface area (Å²) in [5, 5.41) is 2.66. The second-order valence-electron chi connectivity index (χ2n) is 8.71. The van der Waals surface area contributed by atoms with Crippen molar-refractivity contribution >= 4 is 29.4 Å². The SMILES string of the molecule is CCCCN(C(=O)CN1C(=O)N[C@](C)(c2ccccc2)C1=O)c1c(N)n(CCCC)c(=O)[nH]c1=O. The zero-order valence-electron chi connectivity index (χ0n) is 20.3. The lowest BCUT2D eigenvalue weighted by molar-refractivity contribution is -0.134. The summed E-state index contributed by atoms with van der Waals surface area (Å²) < 4.78 is 1.23. The first-order chi connectivity index (χ1) is 16.7. The normalized spacial score (nSPS) is 17.5. The molecule has 1 saturated heterocycles. The second-order valence-corrected chi connectivity index (χ2v) is 8.71. The minimum Gasteiger partial charge on any atom is -0.383 e. The van der Waals surface area contributed by atoms with Crippen molar-refractivity contribution in [1.29, 1.82) is 0 Å². The molecule has 11 nitrogen and oxygen atoms in total. The Balaban J connectivity index is 1.95. The number of unbranched alkanes of at least 4 members (excludes halogenated alkanes) is 2. The summed E-state index contributed by atoms with van der Waals surface area (Å²) >= 11 is 0. The van der Waals surface area contributed by atoms with Crippen LogP contribution in [0.1, 0.15) is 52.0 Å². The van der Waals surface area contributed by atoms with Gasteiger partial charge in [-0.15, -0.1) is 0 Å². The van der Waals surface area contributed by atoms with E-state index in [1.165, 1.54) is 4.57 Å². The number of carbonyl (C=O) groups is 3. The summed E-state index contributed by atoms with van der Waals surface area (Å²) in [5.41, 5.74) is 3.86. The van der Waals surface area contributed by atoms with E-state index in [0.29, 0.717) is 24.8 Å². The standard InChI is InChI=1S/C24H32N6O5/c1-4-6-13-28(18-19(25)29(14-7-5-2)22(34)26-20(18)32)17(31)15-30-21(33)24(3,27-23(30)35)16-11-9-8-10-12-16/h8-12H,4-7,13-15,25H2,1-3H3,(H,27,35)(H,26,32,34)/t24-/m1/s1. The molecule has 1 aliphatic heterocycles. The number of amides is 4. The molecule has 1 atom stereocenters. The van der Waals surface area contributed by atoms with E-state index in [1.807, 2.05) is 13.8 Å². The molecule has 1 aliphatic rings. The number of benzene rings is 1. The number of aromatic nitrogens is 2. The highest BCUT2D eigenvalue weighted by molar-refractivity contribution is 6.10. The number of rotatable bonds is 10. The molecule has 0 unspecified atom stereocenters. The van der Waals surface area contributed by atoms with Gasteiger partial charge in [0.15, 0.2) is 5.69 Å². The minimum atomic E-state index is -1.32. The number of imide groups is 1. The van der Waals surface area contributed by atoms with Crippen LogP contribution in [0.5, 0.6) is 0 Å². The Morgan fingerprint density at radius 2 is 1.71 bits per heavy atom. The fourth-order valence-electron chi connectivity index (χ4n) is 4.08. The molecule has 0 saturated carbocycles. The zero-order chi connectivity index (χ0) is 25.8. The first kappa shape index (κ1) is 25.7. The maximum absolute atomic E-state index is 13.4. The topological polar surface area (TPSA) is 151 Å². The zero-order valence-corrected chi connectivity index (χ0v) is 20.3. The van der Waals surface area contributed by atoms with Gasteiger partial charge in [-0.3, -0.25) is 28.8 Å². The number of anilines is 2. The highest BCUT2D eigenvalue weighted by Crippen LogP contribution is 2.29. The number of nitrogen functional groups attached to an aromatic ring is 1. The molecule has 0 radical (unpaired) electrons. The predicted molar refractivity (Wildman–Crippen MR) is 132 cm³/mol. The van der Waals surface area contributed by atoms with Crippen molar-refractivity contribution < 1.29 is 14.4 Å². The van der Waals surface area contributed by atoms with Crippen LogP contribution in [0.15, 0.2) is 39.9 Å². The van der Waals surface area contributed by atoms with Crippen molar-refractivity contribution in [2.75, 3.05) is 23.7 Å². The first-order valence-corrected chi connectivity index (χ1v) is 11.8. The van der Waals surface area contributed by atoms with Gasteiger partial charge in [-0.2, -0.15) is 0 Å². The molecule has 1 aromatic carbocycles. The predicted octanol–water partition coefficient (Wildman–Crippen LogP) is 1.52. The van der Waals surface area contributed by atoms with Gasteiger partial charge in [0.1, 0.15) is 17.9 Å². The minimum absolute atomic E-state index is 0.122. The number of hydrogen-bond acceptors (Lipinski definition) is 6. The summed E-state index contributed by atoms with van der Waals surface area (Å²) in [6.07, 6.45) is 2.71. The lowest BCUT2D eigenvalue weighted by Crippen LogP contribution is -2.47. The van der Waals surface area contributed by atoms with Crippen LogP contribution in [0, 0.1) is 0 Å². The van der Waals surface area contributed by atoms with Crippen molar-refractivity contribution in [1.82, 2.24) is 19.8 Å². The van der Waals surface area contributed by atoms with Gasteiger partial charge in [0, 0.05) is 13.1 Å². The van der Waals surface area contributed by atoms with Crippen LogP contribution in [-0.4, -0.2) is 45.4 Å². The molecule has 2 heterocycles. The number of nitrogens with zero attached hydrogens (tertiary/aromatic N) is 3. The first-order valence-electron chi connectivity index (χ1n) is 11.8. The average molecular weight is 485 g/mol. The van der Waals surface area contributed by atoms with Crippen molar-refractivity contribution in [3.05, 3.63) is 56.7 Å². The summed E-state index contributed by atoms with van der Waals surface area (Å²) in [6, 6.07) is 8.03. The Labute approximate surface area is 202 Å². The number of carbonyl (C=O) groups excluding carboxylic acids is 3.